The Hall–Kier alpha value is -1.92. The fourth-order valence-corrected chi connectivity index (χ4v) is 4.98. The number of benzene rings is 1. The molecule has 3 aromatic rings. The number of piperidine rings is 1. The van der Waals surface area contributed by atoms with Gasteiger partial charge in [-0.05, 0) is 42.8 Å². The lowest BCUT2D eigenvalue weighted by molar-refractivity contribution is -0.125. The van der Waals surface area contributed by atoms with Crippen molar-refractivity contribution in [1.82, 2.24) is 10.3 Å². The molecule has 1 aliphatic heterocycles. The van der Waals surface area contributed by atoms with Crippen LogP contribution in [0.15, 0.2) is 41.8 Å². The van der Waals surface area contributed by atoms with Gasteiger partial charge in [0.25, 0.3) is 0 Å². The Morgan fingerprint density at radius 2 is 2.20 bits per heavy atom. The van der Waals surface area contributed by atoms with Gasteiger partial charge in [0.1, 0.15) is 0 Å². The van der Waals surface area contributed by atoms with Crippen molar-refractivity contribution in [1.29, 1.82) is 0 Å². The third kappa shape index (κ3) is 3.85. The molecule has 1 saturated heterocycles. The smallest absolute Gasteiger partial charge is 0.224 e. The molecule has 1 aliphatic rings. The molecule has 0 aliphatic carbocycles. The van der Waals surface area contributed by atoms with E-state index in [0.717, 1.165) is 49.5 Å². The van der Waals surface area contributed by atoms with Crippen molar-refractivity contribution < 1.29 is 4.79 Å². The Bertz CT molecular complexity index is 810. The van der Waals surface area contributed by atoms with Crippen LogP contribution in [-0.2, 0) is 11.2 Å². The number of anilines is 1. The van der Waals surface area contributed by atoms with Gasteiger partial charge in [0.2, 0.25) is 5.91 Å². The van der Waals surface area contributed by atoms with Crippen LogP contribution in [0.4, 0.5) is 5.13 Å². The van der Waals surface area contributed by atoms with Crippen LogP contribution in [0.2, 0.25) is 0 Å². The van der Waals surface area contributed by atoms with Crippen LogP contribution in [0.3, 0.4) is 0 Å². The quantitative estimate of drug-likeness (QED) is 0.739. The van der Waals surface area contributed by atoms with Gasteiger partial charge in [0, 0.05) is 24.5 Å². The number of nitrogens with zero attached hydrogens (tertiary/aromatic N) is 2. The molecule has 1 unspecified atom stereocenters. The molecule has 1 aromatic carbocycles. The van der Waals surface area contributed by atoms with Crippen molar-refractivity contribution in [2.45, 2.75) is 19.3 Å². The summed E-state index contributed by atoms with van der Waals surface area (Å²) < 4.78 is 1.21. The molecule has 1 fully saturated rings. The van der Waals surface area contributed by atoms with Crippen LogP contribution in [0.25, 0.3) is 10.2 Å². The highest BCUT2D eigenvalue weighted by atomic mass is 32.1. The summed E-state index contributed by atoms with van der Waals surface area (Å²) in [6, 6.07) is 12.4. The maximum absolute atomic E-state index is 12.5. The first-order chi connectivity index (χ1) is 12.3. The fourth-order valence-electron chi connectivity index (χ4n) is 3.27. The highest BCUT2D eigenvalue weighted by molar-refractivity contribution is 7.22. The molecule has 1 amide bonds. The zero-order valence-corrected chi connectivity index (χ0v) is 15.6. The number of para-hydroxylation sites is 1. The summed E-state index contributed by atoms with van der Waals surface area (Å²) in [7, 11) is 0. The summed E-state index contributed by atoms with van der Waals surface area (Å²) in [6.45, 7) is 2.47. The molecule has 1 atom stereocenters. The predicted molar refractivity (Wildman–Crippen MR) is 106 cm³/mol. The molecule has 130 valence electrons. The van der Waals surface area contributed by atoms with Gasteiger partial charge in [-0.1, -0.05) is 29.5 Å². The van der Waals surface area contributed by atoms with Crippen molar-refractivity contribution in [2.24, 2.45) is 5.92 Å². The SMILES string of the molecule is O=C(NCCc1cccs1)C1CCCN(c2nc3ccccc3s2)C1. The first-order valence-corrected chi connectivity index (χ1v) is 10.4. The van der Waals surface area contributed by atoms with E-state index in [4.69, 9.17) is 4.98 Å². The third-order valence-corrected chi connectivity index (χ3v) is 6.63. The van der Waals surface area contributed by atoms with Crippen LogP contribution in [-0.4, -0.2) is 30.5 Å². The number of rotatable bonds is 5. The van der Waals surface area contributed by atoms with Crippen molar-refractivity contribution in [3.8, 4) is 0 Å². The summed E-state index contributed by atoms with van der Waals surface area (Å²) in [6.07, 6.45) is 2.92. The summed E-state index contributed by atoms with van der Waals surface area (Å²) in [5.41, 5.74) is 1.05. The number of carbonyl (C=O) groups is 1. The second-order valence-corrected chi connectivity index (χ2v) is 8.41. The molecular weight excluding hydrogens is 350 g/mol. The summed E-state index contributed by atoms with van der Waals surface area (Å²) >= 11 is 3.46. The number of aromatic nitrogens is 1. The number of thiazole rings is 1. The number of carbonyl (C=O) groups excluding carboxylic acids is 1. The molecule has 4 nitrogen and oxygen atoms in total. The summed E-state index contributed by atoms with van der Waals surface area (Å²) in [4.78, 5) is 20.9. The number of hydrogen-bond donors (Lipinski definition) is 1. The molecule has 0 bridgehead atoms. The van der Waals surface area contributed by atoms with E-state index in [2.05, 4.69) is 33.8 Å². The average molecular weight is 372 g/mol. The maximum atomic E-state index is 12.5. The van der Waals surface area contributed by atoms with Gasteiger partial charge in [0.05, 0.1) is 16.1 Å². The van der Waals surface area contributed by atoms with E-state index < -0.39 is 0 Å². The number of fused-ring (bicyclic) bond motifs is 1. The van der Waals surface area contributed by atoms with Crippen molar-refractivity contribution in [2.75, 3.05) is 24.5 Å². The first-order valence-electron chi connectivity index (χ1n) is 8.70. The lowest BCUT2D eigenvalue weighted by atomic mass is 9.97. The molecule has 0 radical (unpaired) electrons. The number of thiophene rings is 1. The molecule has 0 spiro atoms. The van der Waals surface area contributed by atoms with Crippen molar-refractivity contribution >= 4 is 43.9 Å². The Labute approximate surface area is 155 Å². The van der Waals surface area contributed by atoms with Gasteiger partial charge in [0.15, 0.2) is 5.13 Å². The molecular formula is C19H21N3OS2. The maximum Gasteiger partial charge on any atom is 0.224 e. The summed E-state index contributed by atoms with van der Waals surface area (Å²) in [5.74, 6) is 0.242. The van der Waals surface area contributed by atoms with Crippen LogP contribution < -0.4 is 10.2 Å². The van der Waals surface area contributed by atoms with E-state index in [0.29, 0.717) is 0 Å². The average Bonchev–Trinajstić information content (AvgIpc) is 3.31. The normalized spacial score (nSPS) is 17.8. The monoisotopic (exact) mass is 371 g/mol. The van der Waals surface area contributed by atoms with E-state index >= 15 is 0 Å². The minimum absolute atomic E-state index is 0.0593. The topological polar surface area (TPSA) is 45.2 Å². The highest BCUT2D eigenvalue weighted by Gasteiger charge is 2.27. The predicted octanol–water partition coefficient (Wildman–Crippen LogP) is 3.93. The molecule has 1 N–H and O–H groups in total. The fraction of sp³-hybridized carbons (Fsp3) is 0.368. The zero-order chi connectivity index (χ0) is 17.1. The number of hydrogen-bond acceptors (Lipinski definition) is 5. The van der Waals surface area contributed by atoms with Crippen LogP contribution in [0.1, 0.15) is 17.7 Å². The Kier molecular flexibility index (Phi) is 4.99. The van der Waals surface area contributed by atoms with Gasteiger partial charge >= 0.3 is 0 Å². The Morgan fingerprint density at radius 1 is 1.28 bits per heavy atom. The van der Waals surface area contributed by atoms with Crippen LogP contribution in [0, 0.1) is 5.92 Å². The second-order valence-electron chi connectivity index (χ2n) is 6.37. The number of nitrogens with one attached hydrogen (secondary N) is 1. The van der Waals surface area contributed by atoms with Crippen molar-refractivity contribution in [3.05, 3.63) is 46.7 Å². The molecule has 0 saturated carbocycles. The Morgan fingerprint density at radius 3 is 3.04 bits per heavy atom. The lowest BCUT2D eigenvalue weighted by Crippen LogP contribution is -2.43. The molecule has 6 heteroatoms. The first kappa shape index (κ1) is 16.5. The van der Waals surface area contributed by atoms with Gasteiger partial charge < -0.3 is 10.2 Å². The molecule has 4 rings (SSSR count). The van der Waals surface area contributed by atoms with Gasteiger partial charge in [-0.15, -0.1) is 11.3 Å². The van der Waals surface area contributed by atoms with E-state index in [9.17, 15) is 4.79 Å². The van der Waals surface area contributed by atoms with Crippen molar-refractivity contribution in [3.63, 3.8) is 0 Å². The highest BCUT2D eigenvalue weighted by Crippen LogP contribution is 2.31. The van der Waals surface area contributed by atoms with Gasteiger partial charge in [-0.25, -0.2) is 4.98 Å². The molecule has 2 aromatic heterocycles. The van der Waals surface area contributed by atoms with E-state index in [-0.39, 0.29) is 11.8 Å². The standard InChI is InChI=1S/C19H21N3OS2/c23-18(20-10-9-15-6-4-12-24-15)14-5-3-11-22(13-14)19-21-16-7-1-2-8-17(16)25-19/h1-2,4,6-8,12,14H,3,5,9-11,13H2,(H,20,23). The summed E-state index contributed by atoms with van der Waals surface area (Å²) in [5, 5.41) is 6.23. The van der Waals surface area contributed by atoms with Gasteiger partial charge in [-0.3, -0.25) is 4.79 Å². The molecule has 25 heavy (non-hydrogen) atoms. The largest absolute Gasteiger partial charge is 0.355 e. The van der Waals surface area contributed by atoms with E-state index in [1.54, 1.807) is 22.7 Å². The second kappa shape index (κ2) is 7.54. The molecule has 3 heterocycles. The Balaban J connectivity index is 1.36. The number of amides is 1. The van der Waals surface area contributed by atoms with E-state index in [1.165, 1.54) is 9.58 Å². The zero-order valence-electron chi connectivity index (χ0n) is 14.0. The van der Waals surface area contributed by atoms with E-state index in [1.807, 2.05) is 18.2 Å². The third-order valence-electron chi connectivity index (χ3n) is 4.60. The van der Waals surface area contributed by atoms with Gasteiger partial charge in [-0.2, -0.15) is 0 Å². The van der Waals surface area contributed by atoms with Crippen LogP contribution in [0.5, 0.6) is 0 Å². The lowest BCUT2D eigenvalue weighted by Gasteiger charge is -2.31. The van der Waals surface area contributed by atoms with Crippen LogP contribution >= 0.6 is 22.7 Å². The minimum Gasteiger partial charge on any atom is -0.355 e. The minimum atomic E-state index is 0.0593.